The van der Waals surface area contributed by atoms with Gasteiger partial charge in [0.2, 0.25) is 0 Å². The molecule has 0 aliphatic carbocycles. The maximum Gasteiger partial charge on any atom is 0.410 e. The SMILES string of the molecule is C=CCOC(=O)N1C[C@H](O)C[C@H]1Cc1cccc2ccccc12. The van der Waals surface area contributed by atoms with E-state index in [-0.39, 0.29) is 18.7 Å². The number of fused-ring (bicyclic) bond motifs is 1. The number of aliphatic hydroxyl groups excluding tert-OH is 1. The number of carbonyl (C=O) groups excluding carboxylic acids is 1. The summed E-state index contributed by atoms with van der Waals surface area (Å²) in [6, 6.07) is 14.4. The van der Waals surface area contributed by atoms with Crippen molar-refractivity contribution in [2.75, 3.05) is 13.2 Å². The van der Waals surface area contributed by atoms with Gasteiger partial charge in [0, 0.05) is 6.04 Å². The van der Waals surface area contributed by atoms with E-state index in [0.717, 1.165) is 0 Å². The van der Waals surface area contributed by atoms with E-state index in [1.807, 2.05) is 18.2 Å². The molecule has 3 rings (SSSR count). The number of rotatable bonds is 4. The predicted octanol–water partition coefficient (Wildman–Crippen LogP) is 3.14. The third-order valence-corrected chi connectivity index (χ3v) is 4.29. The smallest absolute Gasteiger partial charge is 0.410 e. The molecule has 0 spiro atoms. The fourth-order valence-corrected chi connectivity index (χ4v) is 3.25. The van der Waals surface area contributed by atoms with Crippen LogP contribution < -0.4 is 0 Å². The number of carbonyl (C=O) groups is 1. The Bertz CT molecular complexity index is 707. The van der Waals surface area contributed by atoms with Crippen LogP contribution in [0.4, 0.5) is 4.79 Å². The van der Waals surface area contributed by atoms with Crippen LogP contribution in [0.3, 0.4) is 0 Å². The normalized spacial score (nSPS) is 20.7. The molecule has 1 fully saturated rings. The summed E-state index contributed by atoms with van der Waals surface area (Å²) in [5, 5.41) is 12.3. The quantitative estimate of drug-likeness (QED) is 0.883. The molecular weight excluding hydrogens is 290 g/mol. The molecule has 0 unspecified atom stereocenters. The van der Waals surface area contributed by atoms with Gasteiger partial charge in [0.05, 0.1) is 12.6 Å². The van der Waals surface area contributed by atoms with Crippen molar-refractivity contribution in [3.8, 4) is 0 Å². The molecule has 1 aliphatic rings. The Hall–Kier alpha value is -2.33. The molecule has 2 aromatic rings. The Kier molecular flexibility index (Phi) is 4.63. The van der Waals surface area contributed by atoms with Gasteiger partial charge in [-0.3, -0.25) is 0 Å². The summed E-state index contributed by atoms with van der Waals surface area (Å²) < 4.78 is 5.14. The van der Waals surface area contributed by atoms with Crippen LogP contribution in [-0.2, 0) is 11.2 Å². The maximum atomic E-state index is 12.2. The van der Waals surface area contributed by atoms with E-state index in [2.05, 4.69) is 30.8 Å². The largest absolute Gasteiger partial charge is 0.445 e. The Morgan fingerprint density at radius 2 is 2.09 bits per heavy atom. The zero-order chi connectivity index (χ0) is 16.2. The van der Waals surface area contributed by atoms with Crippen LogP contribution in [0.1, 0.15) is 12.0 Å². The molecule has 0 saturated carbocycles. The molecule has 120 valence electrons. The van der Waals surface area contributed by atoms with E-state index in [1.54, 1.807) is 11.0 Å². The van der Waals surface area contributed by atoms with E-state index < -0.39 is 6.10 Å². The molecule has 0 aromatic heterocycles. The third kappa shape index (κ3) is 3.37. The van der Waals surface area contributed by atoms with Crippen molar-refractivity contribution in [1.82, 2.24) is 4.90 Å². The van der Waals surface area contributed by atoms with E-state index in [0.29, 0.717) is 19.4 Å². The average molecular weight is 311 g/mol. The summed E-state index contributed by atoms with van der Waals surface area (Å²) in [6.45, 7) is 4.06. The van der Waals surface area contributed by atoms with Crippen molar-refractivity contribution in [2.24, 2.45) is 0 Å². The van der Waals surface area contributed by atoms with Crippen molar-refractivity contribution in [3.05, 3.63) is 60.7 Å². The predicted molar refractivity (Wildman–Crippen MR) is 90.3 cm³/mol. The number of amides is 1. The summed E-state index contributed by atoms with van der Waals surface area (Å²) >= 11 is 0. The van der Waals surface area contributed by atoms with Gasteiger partial charge >= 0.3 is 6.09 Å². The minimum atomic E-state index is -0.494. The molecule has 1 aliphatic heterocycles. The first-order valence-electron chi connectivity index (χ1n) is 7.88. The Morgan fingerprint density at radius 1 is 1.30 bits per heavy atom. The van der Waals surface area contributed by atoms with Crippen molar-refractivity contribution in [2.45, 2.75) is 25.0 Å². The first-order valence-corrected chi connectivity index (χ1v) is 7.88. The molecule has 1 heterocycles. The Balaban J connectivity index is 1.82. The number of benzene rings is 2. The molecule has 2 atom stereocenters. The molecular formula is C19H21NO3. The van der Waals surface area contributed by atoms with Gasteiger partial charge in [-0.25, -0.2) is 4.79 Å². The molecule has 4 nitrogen and oxygen atoms in total. The first kappa shape index (κ1) is 15.6. The number of ether oxygens (including phenoxy) is 1. The lowest BCUT2D eigenvalue weighted by molar-refractivity contribution is 0.102. The van der Waals surface area contributed by atoms with E-state index in [4.69, 9.17) is 4.74 Å². The standard InChI is InChI=1S/C19H21NO3/c1-2-10-23-19(22)20-13-17(21)12-16(20)11-15-8-5-7-14-6-3-4-9-18(14)15/h2-9,16-17,21H,1,10-13H2/t16-,17-/m1/s1. The monoisotopic (exact) mass is 311 g/mol. The molecule has 2 aromatic carbocycles. The topological polar surface area (TPSA) is 49.8 Å². The number of nitrogens with zero attached hydrogens (tertiary/aromatic N) is 1. The van der Waals surface area contributed by atoms with Gasteiger partial charge in [0.15, 0.2) is 0 Å². The summed E-state index contributed by atoms with van der Waals surface area (Å²) in [7, 11) is 0. The van der Waals surface area contributed by atoms with Crippen LogP contribution in [0.25, 0.3) is 10.8 Å². The highest BCUT2D eigenvalue weighted by Crippen LogP contribution is 2.26. The van der Waals surface area contributed by atoms with Crippen LogP contribution in [0.15, 0.2) is 55.1 Å². The van der Waals surface area contributed by atoms with Crippen molar-refractivity contribution in [1.29, 1.82) is 0 Å². The fourth-order valence-electron chi connectivity index (χ4n) is 3.25. The number of aliphatic hydroxyl groups is 1. The van der Waals surface area contributed by atoms with Gasteiger partial charge in [0.25, 0.3) is 0 Å². The summed E-state index contributed by atoms with van der Waals surface area (Å²) in [5.74, 6) is 0. The lowest BCUT2D eigenvalue weighted by Gasteiger charge is -2.24. The van der Waals surface area contributed by atoms with E-state index >= 15 is 0 Å². The second kappa shape index (κ2) is 6.84. The van der Waals surface area contributed by atoms with Crippen LogP contribution in [0.2, 0.25) is 0 Å². The summed E-state index contributed by atoms with van der Waals surface area (Å²) in [4.78, 5) is 13.8. The van der Waals surface area contributed by atoms with Crippen molar-refractivity contribution < 1.29 is 14.6 Å². The summed E-state index contributed by atoms with van der Waals surface area (Å²) in [6.07, 6.45) is 1.95. The molecule has 1 saturated heterocycles. The Labute approximate surface area is 136 Å². The average Bonchev–Trinajstić information content (AvgIpc) is 2.93. The number of hydrogen-bond donors (Lipinski definition) is 1. The molecule has 0 bridgehead atoms. The Morgan fingerprint density at radius 3 is 2.91 bits per heavy atom. The van der Waals surface area contributed by atoms with Gasteiger partial charge in [-0.1, -0.05) is 55.1 Å². The minimum absolute atomic E-state index is 0.0480. The molecule has 1 amide bonds. The van der Waals surface area contributed by atoms with Crippen molar-refractivity contribution >= 4 is 16.9 Å². The summed E-state index contributed by atoms with van der Waals surface area (Å²) in [5.41, 5.74) is 1.18. The van der Waals surface area contributed by atoms with Gasteiger partial charge in [0.1, 0.15) is 6.61 Å². The van der Waals surface area contributed by atoms with Crippen LogP contribution in [0.5, 0.6) is 0 Å². The molecule has 23 heavy (non-hydrogen) atoms. The van der Waals surface area contributed by atoms with E-state index in [1.165, 1.54) is 16.3 Å². The third-order valence-electron chi connectivity index (χ3n) is 4.29. The number of likely N-dealkylation sites (tertiary alicyclic amines) is 1. The lowest BCUT2D eigenvalue weighted by atomic mass is 9.97. The van der Waals surface area contributed by atoms with Crippen LogP contribution in [-0.4, -0.2) is 41.4 Å². The highest BCUT2D eigenvalue weighted by atomic mass is 16.6. The van der Waals surface area contributed by atoms with Crippen molar-refractivity contribution in [3.63, 3.8) is 0 Å². The zero-order valence-corrected chi connectivity index (χ0v) is 13.0. The van der Waals surface area contributed by atoms with Crippen LogP contribution >= 0.6 is 0 Å². The number of hydrogen-bond acceptors (Lipinski definition) is 3. The first-order chi connectivity index (χ1) is 11.2. The highest BCUT2D eigenvalue weighted by molar-refractivity contribution is 5.85. The number of β-amino-alcohol motifs (C(OH)–C–C–N with tert-alkyl or cyclic N) is 1. The van der Waals surface area contributed by atoms with E-state index in [9.17, 15) is 9.90 Å². The van der Waals surface area contributed by atoms with Gasteiger partial charge < -0.3 is 14.7 Å². The van der Waals surface area contributed by atoms with Crippen LogP contribution in [0, 0.1) is 0 Å². The second-order valence-corrected chi connectivity index (χ2v) is 5.90. The maximum absolute atomic E-state index is 12.2. The van der Waals surface area contributed by atoms with Gasteiger partial charge in [-0.15, -0.1) is 0 Å². The second-order valence-electron chi connectivity index (χ2n) is 5.90. The molecule has 1 N–H and O–H groups in total. The molecule has 0 radical (unpaired) electrons. The highest BCUT2D eigenvalue weighted by Gasteiger charge is 2.35. The van der Waals surface area contributed by atoms with Gasteiger partial charge in [-0.2, -0.15) is 0 Å². The fraction of sp³-hybridized carbons (Fsp3) is 0.316. The minimum Gasteiger partial charge on any atom is -0.445 e. The van der Waals surface area contributed by atoms with Gasteiger partial charge in [-0.05, 0) is 29.2 Å². The lowest BCUT2D eigenvalue weighted by Crippen LogP contribution is -2.37. The molecule has 4 heteroatoms. The zero-order valence-electron chi connectivity index (χ0n) is 13.0.